The van der Waals surface area contributed by atoms with Crippen LogP contribution in [0, 0.1) is 6.92 Å². The summed E-state index contributed by atoms with van der Waals surface area (Å²) < 4.78 is 0. The Hall–Kier alpha value is -1.71. The monoisotopic (exact) mass is 190 g/mol. The van der Waals surface area contributed by atoms with E-state index in [-0.39, 0.29) is 0 Å². The molecule has 0 aliphatic heterocycles. The summed E-state index contributed by atoms with van der Waals surface area (Å²) in [6.07, 6.45) is 5.14. The van der Waals surface area contributed by atoms with Gasteiger partial charge in [0.05, 0.1) is 6.20 Å². The molecule has 0 spiro atoms. The molecule has 14 heavy (non-hydrogen) atoms. The van der Waals surface area contributed by atoms with Crippen molar-refractivity contribution in [2.24, 2.45) is 0 Å². The molecular formula is C10H14N4. The maximum atomic E-state index is 4.08. The van der Waals surface area contributed by atoms with Gasteiger partial charge in [0.25, 0.3) is 0 Å². The van der Waals surface area contributed by atoms with Crippen molar-refractivity contribution >= 4 is 0 Å². The van der Waals surface area contributed by atoms with E-state index in [4.69, 9.17) is 0 Å². The summed E-state index contributed by atoms with van der Waals surface area (Å²) in [7, 11) is 0. The van der Waals surface area contributed by atoms with E-state index < -0.39 is 0 Å². The van der Waals surface area contributed by atoms with Crippen LogP contribution in [0.2, 0.25) is 0 Å². The van der Waals surface area contributed by atoms with Crippen molar-refractivity contribution in [3.63, 3.8) is 0 Å². The summed E-state index contributed by atoms with van der Waals surface area (Å²) in [5.74, 6) is 1.55. The molecule has 0 unspecified atom stereocenters. The van der Waals surface area contributed by atoms with Crippen LogP contribution in [0.1, 0.15) is 19.7 Å². The summed E-state index contributed by atoms with van der Waals surface area (Å²) in [5, 5.41) is 0. The summed E-state index contributed by atoms with van der Waals surface area (Å²) >= 11 is 0. The van der Waals surface area contributed by atoms with E-state index in [1.165, 1.54) is 0 Å². The smallest absolute Gasteiger partial charge is 0.177 e. The Morgan fingerprint density at radius 3 is 2.21 bits per heavy atom. The fourth-order valence-corrected chi connectivity index (χ4v) is 0.973. The van der Waals surface area contributed by atoms with E-state index >= 15 is 0 Å². The van der Waals surface area contributed by atoms with Crippen molar-refractivity contribution in [2.45, 2.75) is 20.8 Å². The van der Waals surface area contributed by atoms with Crippen LogP contribution in [0.15, 0.2) is 24.7 Å². The molecule has 4 nitrogen and oxygen atoms in total. The molecule has 0 bridgehead atoms. The van der Waals surface area contributed by atoms with Crippen LogP contribution in [0.25, 0.3) is 11.5 Å². The number of nitrogens with zero attached hydrogens (tertiary/aromatic N) is 3. The second-order valence-electron chi connectivity index (χ2n) is 2.45. The van der Waals surface area contributed by atoms with E-state index in [0.29, 0.717) is 5.82 Å². The number of hydrogen-bond donors (Lipinski definition) is 1. The van der Waals surface area contributed by atoms with Crippen LogP contribution in [0.4, 0.5) is 0 Å². The Kier molecular flexibility index (Phi) is 3.79. The van der Waals surface area contributed by atoms with Gasteiger partial charge in [0.15, 0.2) is 5.82 Å². The first-order valence-corrected chi connectivity index (χ1v) is 4.65. The quantitative estimate of drug-likeness (QED) is 0.750. The number of imidazole rings is 1. The lowest BCUT2D eigenvalue weighted by Gasteiger charge is -1.91. The lowest BCUT2D eigenvalue weighted by molar-refractivity contribution is 1.12. The normalized spacial score (nSPS) is 9.07. The Morgan fingerprint density at radius 2 is 1.71 bits per heavy atom. The fourth-order valence-electron chi connectivity index (χ4n) is 0.973. The van der Waals surface area contributed by atoms with Crippen LogP contribution >= 0.6 is 0 Å². The largest absolute Gasteiger partial charge is 0.340 e. The topological polar surface area (TPSA) is 54.5 Å². The van der Waals surface area contributed by atoms with E-state index in [0.717, 1.165) is 11.5 Å². The number of aryl methyl sites for hydroxylation is 1. The molecule has 0 amide bonds. The van der Waals surface area contributed by atoms with Crippen molar-refractivity contribution in [2.75, 3.05) is 0 Å². The fraction of sp³-hybridized carbons (Fsp3) is 0.300. The van der Waals surface area contributed by atoms with Crippen molar-refractivity contribution in [3.05, 3.63) is 30.5 Å². The third-order valence-electron chi connectivity index (χ3n) is 1.51. The van der Waals surface area contributed by atoms with E-state index in [1.54, 1.807) is 24.7 Å². The minimum atomic E-state index is 0.679. The molecule has 0 aliphatic carbocycles. The summed E-state index contributed by atoms with van der Waals surface area (Å²) in [5.41, 5.74) is 0.855. The molecule has 4 heteroatoms. The van der Waals surface area contributed by atoms with Crippen LogP contribution in [0.3, 0.4) is 0 Å². The Balaban J connectivity index is 0.000000461. The Bertz CT molecular complexity index is 367. The molecule has 0 radical (unpaired) electrons. The molecule has 0 atom stereocenters. The van der Waals surface area contributed by atoms with Crippen LogP contribution < -0.4 is 0 Å². The average molecular weight is 190 g/mol. The zero-order valence-corrected chi connectivity index (χ0v) is 8.65. The first-order chi connectivity index (χ1) is 6.86. The molecule has 2 heterocycles. The van der Waals surface area contributed by atoms with Gasteiger partial charge in [-0.25, -0.2) is 15.0 Å². The minimum Gasteiger partial charge on any atom is -0.340 e. The second-order valence-corrected chi connectivity index (χ2v) is 2.45. The average Bonchev–Trinajstić information content (AvgIpc) is 2.69. The maximum absolute atomic E-state index is 4.08. The van der Waals surface area contributed by atoms with Crippen LogP contribution in [-0.2, 0) is 0 Å². The molecule has 2 rings (SSSR count). The molecule has 0 aliphatic rings. The van der Waals surface area contributed by atoms with Gasteiger partial charge < -0.3 is 4.98 Å². The number of aromatic amines is 1. The van der Waals surface area contributed by atoms with Gasteiger partial charge in [0, 0.05) is 12.4 Å². The van der Waals surface area contributed by atoms with E-state index in [2.05, 4.69) is 19.9 Å². The van der Waals surface area contributed by atoms with Crippen LogP contribution in [-0.4, -0.2) is 19.9 Å². The number of rotatable bonds is 1. The van der Waals surface area contributed by atoms with Crippen LogP contribution in [0.5, 0.6) is 0 Å². The van der Waals surface area contributed by atoms with Crippen molar-refractivity contribution in [1.82, 2.24) is 19.9 Å². The molecule has 0 fully saturated rings. The van der Waals surface area contributed by atoms with Crippen molar-refractivity contribution in [3.8, 4) is 11.5 Å². The van der Waals surface area contributed by atoms with Gasteiger partial charge in [0.1, 0.15) is 11.5 Å². The van der Waals surface area contributed by atoms with E-state index in [1.807, 2.05) is 20.8 Å². The van der Waals surface area contributed by atoms with Gasteiger partial charge >= 0.3 is 0 Å². The lowest BCUT2D eigenvalue weighted by atomic mass is 10.4. The maximum Gasteiger partial charge on any atom is 0.177 e. The van der Waals surface area contributed by atoms with Gasteiger partial charge in [-0.3, -0.25) is 0 Å². The molecule has 1 N–H and O–H groups in total. The zero-order chi connectivity index (χ0) is 10.4. The van der Waals surface area contributed by atoms with Gasteiger partial charge in [0.2, 0.25) is 0 Å². The molecule has 2 aromatic rings. The number of H-pyrrole nitrogens is 1. The first kappa shape index (κ1) is 10.4. The third-order valence-corrected chi connectivity index (χ3v) is 1.51. The second kappa shape index (κ2) is 5.11. The predicted octanol–water partition coefficient (Wildman–Crippen LogP) is 2.20. The molecule has 0 saturated heterocycles. The number of hydrogen-bond acceptors (Lipinski definition) is 3. The van der Waals surface area contributed by atoms with Gasteiger partial charge in [-0.05, 0) is 13.0 Å². The minimum absolute atomic E-state index is 0.679. The van der Waals surface area contributed by atoms with Gasteiger partial charge in [-0.15, -0.1) is 0 Å². The molecule has 0 saturated carbocycles. The number of nitrogens with one attached hydrogen (secondary N) is 1. The van der Waals surface area contributed by atoms with Gasteiger partial charge in [-0.2, -0.15) is 0 Å². The molecular weight excluding hydrogens is 176 g/mol. The lowest BCUT2D eigenvalue weighted by Crippen LogP contribution is -1.86. The van der Waals surface area contributed by atoms with E-state index in [9.17, 15) is 0 Å². The molecule has 74 valence electrons. The first-order valence-electron chi connectivity index (χ1n) is 4.65. The van der Waals surface area contributed by atoms with Gasteiger partial charge in [-0.1, -0.05) is 13.8 Å². The summed E-state index contributed by atoms with van der Waals surface area (Å²) in [4.78, 5) is 15.3. The highest BCUT2D eigenvalue weighted by Gasteiger charge is 2.00. The van der Waals surface area contributed by atoms with Crippen molar-refractivity contribution < 1.29 is 0 Å². The number of aromatic nitrogens is 4. The highest BCUT2D eigenvalue weighted by Crippen LogP contribution is 2.08. The molecule has 0 aromatic carbocycles. The zero-order valence-electron chi connectivity index (χ0n) is 8.65. The summed E-state index contributed by atoms with van der Waals surface area (Å²) in [6, 6.07) is 1.78. The molecule has 2 aromatic heterocycles. The van der Waals surface area contributed by atoms with Crippen molar-refractivity contribution in [1.29, 1.82) is 0 Å². The predicted molar refractivity (Wildman–Crippen MR) is 55.7 cm³/mol. The summed E-state index contributed by atoms with van der Waals surface area (Å²) in [6.45, 7) is 5.90. The Morgan fingerprint density at radius 1 is 1.07 bits per heavy atom. The standard InChI is InChI=1S/C8H8N4.C2H6/c1-6-11-5-7(12-6)8-9-3-2-4-10-8;1-2/h2-5H,1H3,(H,11,12);1-2H3. The SMILES string of the molecule is CC.Cc1ncc(-c2ncccn2)[nH]1. The third kappa shape index (κ3) is 2.39. The highest BCUT2D eigenvalue weighted by atomic mass is 15.0. The highest BCUT2D eigenvalue weighted by molar-refractivity contribution is 5.46. The Labute approximate surface area is 83.5 Å².